The molecule has 1 aliphatic rings. The molecular formula is C12H16N2O3S. The first-order chi connectivity index (χ1) is 8.47. The Bertz CT molecular complexity index is 484. The minimum Gasteiger partial charge on any atom is -0.481 e. The van der Waals surface area contributed by atoms with Gasteiger partial charge in [-0.3, -0.25) is 9.59 Å². The second kappa shape index (κ2) is 5.06. The van der Waals surface area contributed by atoms with Crippen molar-refractivity contribution in [1.82, 2.24) is 10.3 Å². The summed E-state index contributed by atoms with van der Waals surface area (Å²) in [7, 11) is 0. The van der Waals surface area contributed by atoms with Crippen molar-refractivity contribution >= 4 is 23.2 Å². The van der Waals surface area contributed by atoms with Crippen molar-refractivity contribution in [2.75, 3.05) is 0 Å². The molecule has 0 spiro atoms. The van der Waals surface area contributed by atoms with E-state index >= 15 is 0 Å². The van der Waals surface area contributed by atoms with Crippen LogP contribution in [0.1, 0.15) is 39.6 Å². The van der Waals surface area contributed by atoms with Gasteiger partial charge < -0.3 is 10.4 Å². The summed E-state index contributed by atoms with van der Waals surface area (Å²) in [6, 6.07) is -0.0417. The van der Waals surface area contributed by atoms with Crippen LogP contribution in [0.5, 0.6) is 0 Å². The fourth-order valence-corrected chi connectivity index (χ4v) is 3.15. The zero-order valence-corrected chi connectivity index (χ0v) is 11.2. The van der Waals surface area contributed by atoms with Crippen LogP contribution >= 0.6 is 11.3 Å². The van der Waals surface area contributed by atoms with Crippen LogP contribution < -0.4 is 5.32 Å². The quantitative estimate of drug-likeness (QED) is 0.875. The number of carbonyl (C=O) groups is 2. The Kier molecular flexibility index (Phi) is 3.65. The molecule has 1 heterocycles. The predicted molar refractivity (Wildman–Crippen MR) is 67.8 cm³/mol. The minimum atomic E-state index is -0.771. The lowest BCUT2D eigenvalue weighted by Crippen LogP contribution is -2.33. The van der Waals surface area contributed by atoms with Crippen molar-refractivity contribution < 1.29 is 14.7 Å². The van der Waals surface area contributed by atoms with Crippen LogP contribution in [0, 0.1) is 19.8 Å². The highest BCUT2D eigenvalue weighted by molar-refractivity contribution is 7.11. The Balaban J connectivity index is 1.97. The van der Waals surface area contributed by atoms with E-state index in [2.05, 4.69) is 10.3 Å². The molecule has 5 nitrogen and oxygen atoms in total. The summed E-state index contributed by atoms with van der Waals surface area (Å²) in [6.45, 7) is 3.73. The predicted octanol–water partition coefficient (Wildman–Crippen LogP) is 1.74. The van der Waals surface area contributed by atoms with E-state index in [4.69, 9.17) is 5.11 Å². The Morgan fingerprint density at radius 1 is 1.39 bits per heavy atom. The molecule has 98 valence electrons. The number of aliphatic carboxylic acids is 1. The van der Waals surface area contributed by atoms with Crippen molar-refractivity contribution in [3.05, 3.63) is 15.6 Å². The van der Waals surface area contributed by atoms with Crippen LogP contribution in [0.4, 0.5) is 0 Å². The average Bonchev–Trinajstić information content (AvgIpc) is 2.85. The molecule has 18 heavy (non-hydrogen) atoms. The molecule has 2 N–H and O–H groups in total. The average molecular weight is 268 g/mol. The van der Waals surface area contributed by atoms with Crippen molar-refractivity contribution in [3.63, 3.8) is 0 Å². The number of nitrogens with one attached hydrogen (secondary N) is 1. The Morgan fingerprint density at radius 3 is 2.61 bits per heavy atom. The number of carboxylic acids is 1. The number of amides is 1. The normalized spacial score (nSPS) is 23.0. The molecule has 2 rings (SSSR count). The molecule has 6 heteroatoms. The van der Waals surface area contributed by atoms with Gasteiger partial charge in [-0.1, -0.05) is 0 Å². The van der Waals surface area contributed by atoms with Gasteiger partial charge in [-0.05, 0) is 33.1 Å². The number of thiazole rings is 1. The van der Waals surface area contributed by atoms with Gasteiger partial charge in [0.15, 0.2) is 0 Å². The van der Waals surface area contributed by atoms with Gasteiger partial charge in [0.1, 0.15) is 5.69 Å². The van der Waals surface area contributed by atoms with Crippen LogP contribution in [0.15, 0.2) is 0 Å². The number of rotatable bonds is 3. The maximum atomic E-state index is 12.0. The van der Waals surface area contributed by atoms with Gasteiger partial charge in [-0.25, -0.2) is 4.98 Å². The van der Waals surface area contributed by atoms with Crippen molar-refractivity contribution in [2.24, 2.45) is 5.92 Å². The van der Waals surface area contributed by atoms with Crippen molar-refractivity contribution in [1.29, 1.82) is 0 Å². The molecular weight excluding hydrogens is 252 g/mol. The van der Waals surface area contributed by atoms with Crippen LogP contribution in [-0.2, 0) is 4.79 Å². The molecule has 1 aliphatic carbocycles. The van der Waals surface area contributed by atoms with E-state index in [1.807, 2.05) is 13.8 Å². The van der Waals surface area contributed by atoms with Crippen LogP contribution in [-0.4, -0.2) is 28.0 Å². The van der Waals surface area contributed by atoms with E-state index in [1.165, 1.54) is 11.3 Å². The summed E-state index contributed by atoms with van der Waals surface area (Å²) >= 11 is 1.49. The van der Waals surface area contributed by atoms with Crippen molar-refractivity contribution in [3.8, 4) is 0 Å². The van der Waals surface area contributed by atoms with E-state index in [0.29, 0.717) is 18.5 Å². The highest BCUT2D eigenvalue weighted by atomic mass is 32.1. The largest absolute Gasteiger partial charge is 0.481 e. The third-order valence-corrected chi connectivity index (χ3v) is 4.12. The zero-order chi connectivity index (χ0) is 13.3. The van der Waals surface area contributed by atoms with Gasteiger partial charge in [0.25, 0.3) is 5.91 Å². The minimum absolute atomic E-state index is 0.0417. The number of nitrogens with zero attached hydrogens (tertiary/aromatic N) is 1. The number of hydrogen-bond acceptors (Lipinski definition) is 4. The smallest absolute Gasteiger partial charge is 0.306 e. The van der Waals surface area contributed by atoms with Gasteiger partial charge in [-0.2, -0.15) is 0 Å². The monoisotopic (exact) mass is 268 g/mol. The second-order valence-electron chi connectivity index (χ2n) is 4.66. The standard InChI is InChI=1S/C12H16N2O3S/c1-6-10(13-7(2)18-6)11(15)14-9-4-3-8(5-9)12(16)17/h8-9H,3-5H2,1-2H3,(H,14,15)(H,16,17)/t8-,9+/m1/s1. The molecule has 0 bridgehead atoms. The first-order valence-electron chi connectivity index (χ1n) is 5.95. The van der Waals surface area contributed by atoms with Crippen LogP contribution in [0.3, 0.4) is 0 Å². The molecule has 1 aromatic rings. The zero-order valence-electron chi connectivity index (χ0n) is 10.4. The topological polar surface area (TPSA) is 79.3 Å². The number of aryl methyl sites for hydroxylation is 2. The van der Waals surface area contributed by atoms with Crippen molar-refractivity contribution in [2.45, 2.75) is 39.2 Å². The molecule has 1 saturated carbocycles. The maximum absolute atomic E-state index is 12.0. The lowest BCUT2D eigenvalue weighted by molar-refractivity contribution is -0.141. The molecule has 1 amide bonds. The molecule has 2 atom stereocenters. The summed E-state index contributed by atoms with van der Waals surface area (Å²) in [5.41, 5.74) is 0.469. The third kappa shape index (κ3) is 2.69. The fraction of sp³-hybridized carbons (Fsp3) is 0.583. The summed E-state index contributed by atoms with van der Waals surface area (Å²) < 4.78 is 0. The molecule has 0 saturated heterocycles. The third-order valence-electron chi connectivity index (χ3n) is 3.24. The Hall–Kier alpha value is -1.43. The summed E-state index contributed by atoms with van der Waals surface area (Å²) in [4.78, 5) is 27.9. The molecule has 0 radical (unpaired) electrons. The van der Waals surface area contributed by atoms with Gasteiger partial charge in [0.05, 0.1) is 10.9 Å². The summed E-state index contributed by atoms with van der Waals surface area (Å²) in [5, 5.41) is 12.7. The first kappa shape index (κ1) is 13.0. The van der Waals surface area contributed by atoms with E-state index in [0.717, 1.165) is 16.3 Å². The highest BCUT2D eigenvalue weighted by Crippen LogP contribution is 2.26. The fourth-order valence-electron chi connectivity index (χ4n) is 2.33. The van der Waals surface area contributed by atoms with E-state index in [9.17, 15) is 9.59 Å². The lowest BCUT2D eigenvalue weighted by atomic mass is 10.1. The van der Waals surface area contributed by atoms with Gasteiger partial charge in [0, 0.05) is 10.9 Å². The van der Waals surface area contributed by atoms with E-state index in [-0.39, 0.29) is 17.9 Å². The summed E-state index contributed by atoms with van der Waals surface area (Å²) in [5.74, 6) is -1.28. The van der Waals surface area contributed by atoms with Gasteiger partial charge in [0.2, 0.25) is 0 Å². The first-order valence-corrected chi connectivity index (χ1v) is 6.76. The Morgan fingerprint density at radius 2 is 2.11 bits per heavy atom. The van der Waals surface area contributed by atoms with Crippen LogP contribution in [0.25, 0.3) is 0 Å². The molecule has 1 aromatic heterocycles. The molecule has 0 aliphatic heterocycles. The van der Waals surface area contributed by atoms with Gasteiger partial charge >= 0.3 is 5.97 Å². The Labute approximate surface area is 109 Å². The maximum Gasteiger partial charge on any atom is 0.306 e. The second-order valence-corrected chi connectivity index (χ2v) is 6.06. The highest BCUT2D eigenvalue weighted by Gasteiger charge is 2.31. The van der Waals surface area contributed by atoms with Gasteiger partial charge in [-0.15, -0.1) is 11.3 Å². The number of carbonyl (C=O) groups excluding carboxylic acids is 1. The molecule has 0 unspecified atom stereocenters. The number of carboxylic acid groups (broad SMARTS) is 1. The summed E-state index contributed by atoms with van der Waals surface area (Å²) in [6.07, 6.45) is 1.88. The number of aromatic nitrogens is 1. The molecule has 0 aromatic carbocycles. The molecule has 1 fully saturated rings. The SMILES string of the molecule is Cc1nc(C(=O)N[C@H]2CC[C@@H](C(=O)O)C2)c(C)s1. The van der Waals surface area contributed by atoms with Crippen LogP contribution in [0.2, 0.25) is 0 Å². The van der Waals surface area contributed by atoms with E-state index in [1.54, 1.807) is 0 Å². The lowest BCUT2D eigenvalue weighted by Gasteiger charge is -2.11. The number of hydrogen-bond donors (Lipinski definition) is 2. The van der Waals surface area contributed by atoms with E-state index < -0.39 is 5.97 Å².